The number of nitrogens with zero attached hydrogens (tertiary/aromatic N) is 4. The first-order valence-electron chi connectivity index (χ1n) is 10.3. The van der Waals surface area contributed by atoms with Crippen LogP contribution >= 0.6 is 11.8 Å². The SMILES string of the molecule is CC(C)(C)NC(=O)CN1CCN(C(=O)CSc2nccn2Cc2ccccc2)CC1. The summed E-state index contributed by atoms with van der Waals surface area (Å²) in [5.41, 5.74) is 0.980. The Kier molecular flexibility index (Phi) is 7.55. The van der Waals surface area contributed by atoms with Crippen molar-refractivity contribution in [1.82, 2.24) is 24.7 Å². The van der Waals surface area contributed by atoms with E-state index in [0.29, 0.717) is 25.4 Å². The Labute approximate surface area is 182 Å². The van der Waals surface area contributed by atoms with Crippen molar-refractivity contribution in [3.63, 3.8) is 0 Å². The van der Waals surface area contributed by atoms with Crippen molar-refractivity contribution in [2.24, 2.45) is 0 Å². The number of piperazine rings is 1. The number of benzene rings is 1. The molecule has 162 valence electrons. The number of nitrogens with one attached hydrogen (secondary N) is 1. The highest BCUT2D eigenvalue weighted by molar-refractivity contribution is 7.99. The second-order valence-corrected chi connectivity index (χ2v) is 9.51. The van der Waals surface area contributed by atoms with Crippen LogP contribution in [-0.2, 0) is 16.1 Å². The summed E-state index contributed by atoms with van der Waals surface area (Å²) in [4.78, 5) is 33.1. The highest BCUT2D eigenvalue weighted by Crippen LogP contribution is 2.18. The Hall–Kier alpha value is -2.32. The van der Waals surface area contributed by atoms with E-state index < -0.39 is 0 Å². The molecule has 2 amide bonds. The number of carbonyl (C=O) groups is 2. The minimum absolute atomic E-state index is 0.0306. The maximum absolute atomic E-state index is 12.6. The summed E-state index contributed by atoms with van der Waals surface area (Å²) in [5.74, 6) is 0.521. The summed E-state index contributed by atoms with van der Waals surface area (Å²) in [7, 11) is 0. The minimum Gasteiger partial charge on any atom is -0.350 e. The summed E-state index contributed by atoms with van der Waals surface area (Å²) in [6.07, 6.45) is 3.72. The molecule has 1 saturated heterocycles. The zero-order valence-electron chi connectivity index (χ0n) is 18.0. The molecule has 1 aromatic carbocycles. The first kappa shape index (κ1) is 22.4. The second-order valence-electron chi connectivity index (χ2n) is 8.57. The molecule has 0 bridgehead atoms. The van der Waals surface area contributed by atoms with E-state index in [9.17, 15) is 9.59 Å². The van der Waals surface area contributed by atoms with E-state index >= 15 is 0 Å². The van der Waals surface area contributed by atoms with Gasteiger partial charge in [-0.3, -0.25) is 14.5 Å². The van der Waals surface area contributed by atoms with Crippen LogP contribution in [0.3, 0.4) is 0 Å². The van der Waals surface area contributed by atoms with Gasteiger partial charge in [-0.25, -0.2) is 4.98 Å². The van der Waals surface area contributed by atoms with Gasteiger partial charge in [0.2, 0.25) is 11.8 Å². The number of hydrogen-bond donors (Lipinski definition) is 1. The van der Waals surface area contributed by atoms with Crippen molar-refractivity contribution in [3.05, 3.63) is 48.3 Å². The molecule has 30 heavy (non-hydrogen) atoms. The van der Waals surface area contributed by atoms with E-state index in [4.69, 9.17) is 0 Å². The second kappa shape index (κ2) is 10.1. The predicted octanol–water partition coefficient (Wildman–Crippen LogP) is 2.08. The van der Waals surface area contributed by atoms with Gasteiger partial charge >= 0.3 is 0 Å². The lowest BCUT2D eigenvalue weighted by Gasteiger charge is -2.34. The third-order valence-electron chi connectivity index (χ3n) is 4.80. The molecule has 7 nitrogen and oxygen atoms in total. The van der Waals surface area contributed by atoms with Crippen molar-refractivity contribution in [1.29, 1.82) is 0 Å². The molecule has 8 heteroatoms. The van der Waals surface area contributed by atoms with Gasteiger partial charge in [-0.2, -0.15) is 0 Å². The standard InChI is InChI=1S/C22H31N5O2S/c1-22(2,3)24-19(28)16-25-11-13-26(14-12-25)20(29)17-30-21-23-9-10-27(21)15-18-7-5-4-6-8-18/h4-10H,11-17H2,1-3H3,(H,24,28). The zero-order valence-corrected chi connectivity index (χ0v) is 18.8. The molecule has 1 aliphatic rings. The maximum Gasteiger partial charge on any atom is 0.234 e. The maximum atomic E-state index is 12.6. The molecule has 0 radical (unpaired) electrons. The van der Waals surface area contributed by atoms with Gasteiger partial charge in [0.1, 0.15) is 0 Å². The molecule has 1 N–H and O–H groups in total. The Morgan fingerprint density at radius 2 is 1.80 bits per heavy atom. The van der Waals surface area contributed by atoms with Crippen LogP contribution < -0.4 is 5.32 Å². The van der Waals surface area contributed by atoms with Crippen molar-refractivity contribution >= 4 is 23.6 Å². The fourth-order valence-corrected chi connectivity index (χ4v) is 4.23. The van der Waals surface area contributed by atoms with Crippen LogP contribution in [-0.4, -0.2) is 75.2 Å². The molecular formula is C22H31N5O2S. The summed E-state index contributed by atoms with van der Waals surface area (Å²) < 4.78 is 2.07. The van der Waals surface area contributed by atoms with Gasteiger partial charge in [0, 0.05) is 50.7 Å². The van der Waals surface area contributed by atoms with Gasteiger partial charge in [-0.05, 0) is 26.3 Å². The third-order valence-corrected chi connectivity index (χ3v) is 5.79. The molecule has 2 aromatic rings. The number of imidazole rings is 1. The normalized spacial score (nSPS) is 15.2. The van der Waals surface area contributed by atoms with E-state index in [1.54, 1.807) is 6.20 Å². The molecular weight excluding hydrogens is 398 g/mol. The topological polar surface area (TPSA) is 70.5 Å². The van der Waals surface area contributed by atoms with Crippen LogP contribution in [0.15, 0.2) is 47.9 Å². The summed E-state index contributed by atoms with van der Waals surface area (Å²) >= 11 is 1.48. The number of rotatable bonds is 7. The van der Waals surface area contributed by atoms with Crippen LogP contribution in [0.1, 0.15) is 26.3 Å². The van der Waals surface area contributed by atoms with E-state index in [2.05, 4.69) is 31.9 Å². The number of aromatic nitrogens is 2. The summed E-state index contributed by atoms with van der Waals surface area (Å²) in [6.45, 7) is 9.80. The first-order valence-corrected chi connectivity index (χ1v) is 11.3. The minimum atomic E-state index is -0.224. The molecule has 1 aliphatic heterocycles. The number of hydrogen-bond acceptors (Lipinski definition) is 5. The highest BCUT2D eigenvalue weighted by atomic mass is 32.2. The molecule has 3 rings (SSSR count). The van der Waals surface area contributed by atoms with Crippen LogP contribution in [0.25, 0.3) is 0 Å². The monoisotopic (exact) mass is 429 g/mol. The Balaban J connectivity index is 1.43. The van der Waals surface area contributed by atoms with E-state index in [0.717, 1.165) is 24.8 Å². The van der Waals surface area contributed by atoms with Crippen molar-refractivity contribution in [2.45, 2.75) is 38.0 Å². The molecule has 0 unspecified atom stereocenters. The molecule has 2 heterocycles. The van der Waals surface area contributed by atoms with Crippen molar-refractivity contribution < 1.29 is 9.59 Å². The Bertz CT molecular complexity index is 839. The average Bonchev–Trinajstić information content (AvgIpc) is 3.13. The number of thioether (sulfide) groups is 1. The molecule has 0 spiro atoms. The number of carbonyl (C=O) groups excluding carboxylic acids is 2. The largest absolute Gasteiger partial charge is 0.350 e. The third kappa shape index (κ3) is 6.88. The summed E-state index contributed by atoms with van der Waals surface area (Å²) in [6, 6.07) is 10.2. The van der Waals surface area contributed by atoms with E-state index in [1.165, 1.54) is 17.3 Å². The van der Waals surface area contributed by atoms with E-state index in [1.807, 2.05) is 50.1 Å². The number of amides is 2. The van der Waals surface area contributed by atoms with E-state index in [-0.39, 0.29) is 17.4 Å². The fourth-order valence-electron chi connectivity index (χ4n) is 3.37. The van der Waals surface area contributed by atoms with Crippen molar-refractivity contribution in [2.75, 3.05) is 38.5 Å². The molecule has 0 saturated carbocycles. The summed E-state index contributed by atoms with van der Waals surface area (Å²) in [5, 5.41) is 3.84. The van der Waals surface area contributed by atoms with Crippen LogP contribution in [0.4, 0.5) is 0 Å². The lowest BCUT2D eigenvalue weighted by atomic mass is 10.1. The molecule has 0 aliphatic carbocycles. The van der Waals surface area contributed by atoms with Gasteiger partial charge in [-0.1, -0.05) is 42.1 Å². The average molecular weight is 430 g/mol. The Morgan fingerprint density at radius 1 is 1.10 bits per heavy atom. The van der Waals surface area contributed by atoms with Gasteiger partial charge in [-0.15, -0.1) is 0 Å². The van der Waals surface area contributed by atoms with Crippen LogP contribution in [0.2, 0.25) is 0 Å². The lowest BCUT2D eigenvalue weighted by Crippen LogP contribution is -2.53. The van der Waals surface area contributed by atoms with Gasteiger partial charge in [0.25, 0.3) is 0 Å². The predicted molar refractivity (Wildman–Crippen MR) is 119 cm³/mol. The van der Waals surface area contributed by atoms with Crippen LogP contribution in [0, 0.1) is 0 Å². The van der Waals surface area contributed by atoms with Gasteiger partial charge in [0.05, 0.1) is 12.3 Å². The van der Waals surface area contributed by atoms with Crippen LogP contribution in [0.5, 0.6) is 0 Å². The van der Waals surface area contributed by atoms with Crippen molar-refractivity contribution in [3.8, 4) is 0 Å². The molecule has 1 aromatic heterocycles. The van der Waals surface area contributed by atoms with Gasteiger partial charge in [0.15, 0.2) is 5.16 Å². The fraction of sp³-hybridized carbons (Fsp3) is 0.500. The highest BCUT2D eigenvalue weighted by Gasteiger charge is 2.24. The Morgan fingerprint density at radius 3 is 2.47 bits per heavy atom. The first-order chi connectivity index (χ1) is 14.3. The molecule has 1 fully saturated rings. The smallest absolute Gasteiger partial charge is 0.234 e. The van der Waals surface area contributed by atoms with Gasteiger partial charge < -0.3 is 14.8 Å². The molecule has 0 atom stereocenters. The lowest BCUT2D eigenvalue weighted by molar-refractivity contribution is -0.130. The quantitative estimate of drug-likeness (QED) is 0.683. The zero-order chi connectivity index (χ0) is 21.6.